The molecule has 0 aromatic carbocycles. The minimum absolute atomic E-state index is 0.0756. The minimum Gasteiger partial charge on any atom is -0.378 e. The summed E-state index contributed by atoms with van der Waals surface area (Å²) < 4.78 is 5.90. The number of nitrogens with one attached hydrogen (secondary N) is 1. The third kappa shape index (κ3) is 3.21. The van der Waals surface area contributed by atoms with Gasteiger partial charge in [0.1, 0.15) is 6.33 Å². The molecule has 0 saturated carbocycles. The molecule has 1 atom stereocenters. The number of hydrogen-bond acceptors (Lipinski definition) is 7. The number of nitrogens with two attached hydrogens (primary N) is 1. The summed E-state index contributed by atoms with van der Waals surface area (Å²) in [7, 11) is 0. The van der Waals surface area contributed by atoms with Crippen molar-refractivity contribution in [1.82, 2.24) is 9.97 Å². The Morgan fingerprint density at radius 3 is 2.86 bits per heavy atom. The average Bonchev–Trinajstić information content (AvgIpc) is 2.47. The Morgan fingerprint density at radius 1 is 1.52 bits per heavy atom. The number of nitrogen functional groups attached to an aromatic ring is 1. The van der Waals surface area contributed by atoms with Crippen molar-refractivity contribution in [3.05, 3.63) is 16.4 Å². The quantitative estimate of drug-likeness (QED) is 0.631. The first kappa shape index (κ1) is 15.4. The van der Waals surface area contributed by atoms with Gasteiger partial charge in [-0.2, -0.15) is 0 Å². The Labute approximate surface area is 123 Å². The molecule has 0 amide bonds. The van der Waals surface area contributed by atoms with Crippen LogP contribution in [0.5, 0.6) is 0 Å². The van der Waals surface area contributed by atoms with Crippen molar-refractivity contribution in [3.63, 3.8) is 0 Å². The molecule has 1 aliphatic heterocycles. The van der Waals surface area contributed by atoms with Gasteiger partial charge in [0, 0.05) is 12.6 Å². The summed E-state index contributed by atoms with van der Waals surface area (Å²) in [4.78, 5) is 18.2. The molecule has 1 aliphatic rings. The maximum atomic E-state index is 11.1. The van der Waals surface area contributed by atoms with E-state index in [0.29, 0.717) is 6.61 Å². The predicted molar refractivity (Wildman–Crippen MR) is 79.0 cm³/mol. The zero-order chi connectivity index (χ0) is 15.5. The highest BCUT2D eigenvalue weighted by Gasteiger charge is 2.35. The topological polar surface area (TPSA) is 116 Å². The Balaban J connectivity index is 2.19. The van der Waals surface area contributed by atoms with Gasteiger partial charge in [0.05, 0.1) is 10.5 Å². The number of aromatic nitrogens is 2. The van der Waals surface area contributed by atoms with E-state index >= 15 is 0 Å². The van der Waals surface area contributed by atoms with E-state index in [4.69, 9.17) is 10.5 Å². The van der Waals surface area contributed by atoms with Gasteiger partial charge in [-0.1, -0.05) is 13.8 Å². The van der Waals surface area contributed by atoms with Gasteiger partial charge >= 0.3 is 5.69 Å². The fraction of sp³-hybridized carbons (Fsp3) is 0.692. The molecule has 0 aliphatic carbocycles. The highest BCUT2D eigenvalue weighted by Crippen LogP contribution is 2.34. The molecular formula is C13H21N5O3. The van der Waals surface area contributed by atoms with Crippen LogP contribution in [0.2, 0.25) is 0 Å². The first-order chi connectivity index (χ1) is 10.0. The summed E-state index contributed by atoms with van der Waals surface area (Å²) in [5.41, 5.74) is 5.15. The zero-order valence-corrected chi connectivity index (χ0v) is 12.3. The lowest BCUT2D eigenvalue weighted by Crippen LogP contribution is -2.43. The van der Waals surface area contributed by atoms with Crippen molar-refractivity contribution in [2.45, 2.75) is 51.2 Å². The zero-order valence-electron chi connectivity index (χ0n) is 12.3. The lowest BCUT2D eigenvalue weighted by atomic mass is 9.86. The van der Waals surface area contributed by atoms with Crippen LogP contribution >= 0.6 is 0 Å². The van der Waals surface area contributed by atoms with Crippen LogP contribution in [0.25, 0.3) is 0 Å². The Morgan fingerprint density at radius 2 is 2.24 bits per heavy atom. The number of rotatable bonds is 5. The maximum absolute atomic E-state index is 11.1. The van der Waals surface area contributed by atoms with E-state index in [0.717, 1.165) is 25.7 Å². The molecule has 0 spiro atoms. The minimum atomic E-state index is -0.552. The van der Waals surface area contributed by atoms with Gasteiger partial charge < -0.3 is 15.8 Å². The highest BCUT2D eigenvalue weighted by molar-refractivity contribution is 5.67. The Kier molecular flexibility index (Phi) is 4.56. The SMILES string of the molecule is CCC1(CC)CC(Nc2ncnc(N)c2[N+](=O)[O-])CCO1. The van der Waals surface area contributed by atoms with Crippen LogP contribution in [0, 0.1) is 10.1 Å². The number of nitro groups is 1. The summed E-state index contributed by atoms with van der Waals surface area (Å²) in [5.74, 6) is 0.0577. The van der Waals surface area contributed by atoms with Gasteiger partial charge in [0.2, 0.25) is 11.6 Å². The molecule has 3 N–H and O–H groups in total. The summed E-state index contributed by atoms with van der Waals surface area (Å²) >= 11 is 0. The number of nitrogens with zero attached hydrogens (tertiary/aromatic N) is 3. The molecule has 1 aromatic rings. The Hall–Kier alpha value is -1.96. The van der Waals surface area contributed by atoms with Crippen LogP contribution in [0.15, 0.2) is 6.33 Å². The third-order valence-electron chi connectivity index (χ3n) is 4.16. The van der Waals surface area contributed by atoms with Gasteiger partial charge in [-0.15, -0.1) is 0 Å². The van der Waals surface area contributed by atoms with Crippen LogP contribution in [0.3, 0.4) is 0 Å². The van der Waals surface area contributed by atoms with Gasteiger partial charge in [0.25, 0.3) is 0 Å². The molecule has 8 heteroatoms. The van der Waals surface area contributed by atoms with E-state index in [9.17, 15) is 10.1 Å². The third-order valence-corrected chi connectivity index (χ3v) is 4.16. The van der Waals surface area contributed by atoms with Gasteiger partial charge in [-0.25, -0.2) is 9.97 Å². The fourth-order valence-corrected chi connectivity index (χ4v) is 2.77. The van der Waals surface area contributed by atoms with Gasteiger partial charge in [0.15, 0.2) is 0 Å². The normalized spacial score (nSPS) is 21.0. The molecular weight excluding hydrogens is 274 g/mol. The molecule has 2 rings (SSSR count). The van der Waals surface area contributed by atoms with Crippen LogP contribution in [-0.2, 0) is 4.74 Å². The molecule has 1 saturated heterocycles. The molecule has 1 unspecified atom stereocenters. The van der Waals surface area contributed by atoms with Crippen LogP contribution in [0.1, 0.15) is 39.5 Å². The van der Waals surface area contributed by atoms with E-state index < -0.39 is 4.92 Å². The van der Waals surface area contributed by atoms with Crippen molar-refractivity contribution in [1.29, 1.82) is 0 Å². The molecule has 1 fully saturated rings. The summed E-state index contributed by atoms with van der Waals surface area (Å²) in [5, 5.41) is 14.2. The van der Waals surface area contributed by atoms with Crippen molar-refractivity contribution in [3.8, 4) is 0 Å². The van der Waals surface area contributed by atoms with Crippen molar-refractivity contribution >= 4 is 17.3 Å². The van der Waals surface area contributed by atoms with E-state index in [1.54, 1.807) is 0 Å². The van der Waals surface area contributed by atoms with E-state index in [-0.39, 0.29) is 29.0 Å². The maximum Gasteiger partial charge on any atom is 0.352 e. The van der Waals surface area contributed by atoms with Gasteiger partial charge in [-0.3, -0.25) is 10.1 Å². The van der Waals surface area contributed by atoms with Crippen molar-refractivity contribution < 1.29 is 9.66 Å². The number of anilines is 2. The molecule has 116 valence electrons. The van der Waals surface area contributed by atoms with E-state index in [2.05, 4.69) is 29.1 Å². The second-order valence-electron chi connectivity index (χ2n) is 5.29. The van der Waals surface area contributed by atoms with Crippen LogP contribution in [0.4, 0.5) is 17.3 Å². The molecule has 1 aromatic heterocycles. The molecule has 2 heterocycles. The van der Waals surface area contributed by atoms with Crippen molar-refractivity contribution in [2.75, 3.05) is 17.7 Å². The van der Waals surface area contributed by atoms with Crippen molar-refractivity contribution in [2.24, 2.45) is 0 Å². The smallest absolute Gasteiger partial charge is 0.352 e. The van der Waals surface area contributed by atoms with Crippen LogP contribution < -0.4 is 11.1 Å². The fourth-order valence-electron chi connectivity index (χ4n) is 2.77. The summed E-state index contributed by atoms with van der Waals surface area (Å²) in [6, 6.07) is 0.0756. The lowest BCUT2D eigenvalue weighted by molar-refractivity contribution is -0.383. The first-order valence-electron chi connectivity index (χ1n) is 7.16. The number of hydrogen-bond donors (Lipinski definition) is 2. The molecule has 8 nitrogen and oxygen atoms in total. The average molecular weight is 295 g/mol. The highest BCUT2D eigenvalue weighted by atomic mass is 16.6. The summed E-state index contributed by atoms with van der Waals surface area (Å²) in [6.07, 6.45) is 4.63. The largest absolute Gasteiger partial charge is 0.378 e. The van der Waals surface area contributed by atoms with Gasteiger partial charge in [-0.05, 0) is 25.7 Å². The Bertz CT molecular complexity index is 519. The predicted octanol–water partition coefficient (Wildman–Crippen LogP) is 2.12. The second-order valence-corrected chi connectivity index (χ2v) is 5.29. The second kappa shape index (κ2) is 6.21. The van der Waals surface area contributed by atoms with E-state index in [1.807, 2.05) is 0 Å². The molecule has 0 radical (unpaired) electrons. The first-order valence-corrected chi connectivity index (χ1v) is 7.16. The summed E-state index contributed by atoms with van der Waals surface area (Å²) in [6.45, 7) is 4.82. The molecule has 0 bridgehead atoms. The lowest BCUT2D eigenvalue weighted by Gasteiger charge is -2.40. The van der Waals surface area contributed by atoms with E-state index in [1.165, 1.54) is 6.33 Å². The standard InChI is InChI=1S/C13H21N5O3/c1-3-13(4-2)7-9(5-6-21-13)17-12-10(18(19)20)11(14)15-8-16-12/h8-9H,3-7H2,1-2H3,(H3,14,15,16,17). The molecule has 21 heavy (non-hydrogen) atoms. The monoisotopic (exact) mass is 295 g/mol. The number of ether oxygens (including phenoxy) is 1. The van der Waals surface area contributed by atoms with Crippen LogP contribution in [-0.4, -0.2) is 33.1 Å².